The molecule has 0 aromatic heterocycles. The molecule has 2 amide bonds. The summed E-state index contributed by atoms with van der Waals surface area (Å²) in [7, 11) is 0. The number of fused-ring (bicyclic) bond motifs is 1. The van der Waals surface area contributed by atoms with Gasteiger partial charge in [-0.1, -0.05) is 36.4 Å². The molecule has 1 fully saturated rings. The van der Waals surface area contributed by atoms with Crippen molar-refractivity contribution in [3.8, 4) is 11.5 Å². The van der Waals surface area contributed by atoms with Gasteiger partial charge in [0.1, 0.15) is 18.8 Å². The van der Waals surface area contributed by atoms with E-state index in [0.29, 0.717) is 31.3 Å². The molecule has 7 nitrogen and oxygen atoms in total. The first-order chi connectivity index (χ1) is 14.8. The number of nitrogens with one attached hydrogen (secondary N) is 1. The molecule has 0 unspecified atom stereocenters. The predicted molar refractivity (Wildman–Crippen MR) is 115 cm³/mol. The van der Waals surface area contributed by atoms with Crippen LogP contribution in [0.15, 0.2) is 48.5 Å². The highest BCUT2D eigenvalue weighted by Gasteiger charge is 2.42. The Morgan fingerprint density at radius 1 is 1.10 bits per heavy atom. The van der Waals surface area contributed by atoms with Gasteiger partial charge in [0.2, 0.25) is 5.91 Å². The molecule has 2 aromatic rings. The minimum absolute atomic E-state index is 0.0233. The van der Waals surface area contributed by atoms with E-state index in [0.717, 1.165) is 11.1 Å². The molecule has 2 heterocycles. The largest absolute Gasteiger partial charge is 0.486 e. The minimum atomic E-state index is -0.622. The average Bonchev–Trinajstić information content (AvgIpc) is 3.01. The normalized spacial score (nSPS) is 20.5. The maximum atomic E-state index is 13.0. The molecule has 0 saturated carbocycles. The number of ether oxygens (including phenoxy) is 3. The summed E-state index contributed by atoms with van der Waals surface area (Å²) in [4.78, 5) is 27.3. The Kier molecular flexibility index (Phi) is 5.76. The number of likely N-dealkylation sites (tertiary alicyclic amines) is 1. The van der Waals surface area contributed by atoms with E-state index in [1.54, 1.807) is 0 Å². The van der Waals surface area contributed by atoms with E-state index in [4.69, 9.17) is 14.2 Å². The molecular weight excluding hydrogens is 396 g/mol. The quantitative estimate of drug-likeness (QED) is 0.807. The second-order valence-corrected chi connectivity index (χ2v) is 8.81. The van der Waals surface area contributed by atoms with E-state index in [1.807, 2.05) is 74.2 Å². The summed E-state index contributed by atoms with van der Waals surface area (Å²) in [5.41, 5.74) is 1.28. The summed E-state index contributed by atoms with van der Waals surface area (Å²) in [6, 6.07) is 14.7. The predicted octanol–water partition coefficient (Wildman–Crippen LogP) is 3.82. The van der Waals surface area contributed by atoms with Gasteiger partial charge in [-0.05, 0) is 44.0 Å². The summed E-state index contributed by atoms with van der Waals surface area (Å²) < 4.78 is 16.8. The number of benzene rings is 2. The Balaban J connectivity index is 1.64. The van der Waals surface area contributed by atoms with Crippen LogP contribution in [0.25, 0.3) is 0 Å². The third-order valence-electron chi connectivity index (χ3n) is 5.24. The lowest BCUT2D eigenvalue weighted by molar-refractivity contribution is -0.129. The van der Waals surface area contributed by atoms with E-state index < -0.39 is 17.7 Å². The number of hydrogen-bond donors (Lipinski definition) is 1. The number of hydrogen-bond acceptors (Lipinski definition) is 5. The zero-order valence-electron chi connectivity index (χ0n) is 18.1. The lowest BCUT2D eigenvalue weighted by Crippen LogP contribution is -2.42. The first-order valence-electron chi connectivity index (χ1n) is 10.5. The number of rotatable bonds is 4. The highest BCUT2D eigenvalue weighted by molar-refractivity contribution is 5.82. The fraction of sp³-hybridized carbons (Fsp3) is 0.417. The first-order valence-corrected chi connectivity index (χ1v) is 10.5. The van der Waals surface area contributed by atoms with Gasteiger partial charge in [0.25, 0.3) is 0 Å². The van der Waals surface area contributed by atoms with Crippen LogP contribution in [0.5, 0.6) is 11.5 Å². The van der Waals surface area contributed by atoms with Crippen molar-refractivity contribution in [3.63, 3.8) is 0 Å². The van der Waals surface area contributed by atoms with Crippen LogP contribution in [0.2, 0.25) is 0 Å². The topological polar surface area (TPSA) is 77.1 Å². The molecule has 164 valence electrons. The molecule has 7 heteroatoms. The smallest absolute Gasteiger partial charge is 0.407 e. The van der Waals surface area contributed by atoms with Gasteiger partial charge < -0.3 is 24.4 Å². The summed E-state index contributed by atoms with van der Waals surface area (Å²) in [5, 5.41) is 2.91. The summed E-state index contributed by atoms with van der Waals surface area (Å²) >= 11 is 0. The molecule has 2 aromatic carbocycles. The molecule has 0 radical (unpaired) electrons. The highest BCUT2D eigenvalue weighted by Crippen LogP contribution is 2.39. The lowest BCUT2D eigenvalue weighted by atomic mass is 9.99. The number of alkyl carbamates (subject to hydrolysis) is 1. The average molecular weight is 424 g/mol. The second-order valence-electron chi connectivity index (χ2n) is 8.81. The van der Waals surface area contributed by atoms with Gasteiger partial charge in [-0.15, -0.1) is 0 Å². The van der Waals surface area contributed by atoms with Gasteiger partial charge in [0.15, 0.2) is 11.5 Å². The standard InChI is InChI=1S/C24H28N2O5/c1-24(2,3)31-23(28)25-18-14-21(27)26(15-16-7-5-4-6-8-16)22(18)17-9-10-19-20(13-17)30-12-11-29-19/h4-10,13,18,22H,11-12,14-15H2,1-3H3,(H,25,28)/t18-,22+/m1/s1. The van der Waals surface area contributed by atoms with Crippen molar-refractivity contribution < 1.29 is 23.8 Å². The molecule has 0 bridgehead atoms. The van der Waals surface area contributed by atoms with Crippen LogP contribution in [0.1, 0.15) is 44.4 Å². The Hall–Kier alpha value is -3.22. The monoisotopic (exact) mass is 424 g/mol. The van der Waals surface area contributed by atoms with E-state index in [1.165, 1.54) is 0 Å². The Bertz CT molecular complexity index is 954. The molecule has 2 aliphatic rings. The molecule has 4 rings (SSSR count). The van der Waals surface area contributed by atoms with Crippen molar-refractivity contribution in [2.45, 2.75) is 51.4 Å². The van der Waals surface area contributed by atoms with Crippen LogP contribution >= 0.6 is 0 Å². The van der Waals surface area contributed by atoms with E-state index >= 15 is 0 Å². The van der Waals surface area contributed by atoms with Crippen LogP contribution in [0, 0.1) is 0 Å². The van der Waals surface area contributed by atoms with Crippen LogP contribution in [0.4, 0.5) is 4.79 Å². The van der Waals surface area contributed by atoms with Gasteiger partial charge >= 0.3 is 6.09 Å². The molecule has 1 saturated heterocycles. The van der Waals surface area contributed by atoms with Crippen molar-refractivity contribution >= 4 is 12.0 Å². The van der Waals surface area contributed by atoms with Crippen LogP contribution in [0.3, 0.4) is 0 Å². The molecule has 31 heavy (non-hydrogen) atoms. The second kappa shape index (κ2) is 8.49. The number of amides is 2. The van der Waals surface area contributed by atoms with Gasteiger partial charge in [-0.3, -0.25) is 4.79 Å². The Morgan fingerprint density at radius 3 is 2.52 bits per heavy atom. The van der Waals surface area contributed by atoms with Gasteiger partial charge in [-0.25, -0.2) is 4.79 Å². The number of carbonyl (C=O) groups is 2. The maximum absolute atomic E-state index is 13.0. The molecule has 0 aliphatic carbocycles. The summed E-state index contributed by atoms with van der Waals surface area (Å²) in [6.07, 6.45) is -0.333. The molecule has 2 atom stereocenters. The fourth-order valence-electron chi connectivity index (χ4n) is 4.00. The number of nitrogens with zero attached hydrogens (tertiary/aromatic N) is 1. The van der Waals surface area contributed by atoms with Crippen molar-refractivity contribution in [3.05, 3.63) is 59.7 Å². The zero-order valence-corrected chi connectivity index (χ0v) is 18.1. The first kappa shape index (κ1) is 21.0. The lowest BCUT2D eigenvalue weighted by Gasteiger charge is -2.30. The van der Waals surface area contributed by atoms with Crippen molar-refractivity contribution in [1.82, 2.24) is 10.2 Å². The fourth-order valence-corrected chi connectivity index (χ4v) is 4.00. The SMILES string of the molecule is CC(C)(C)OC(=O)N[C@@H]1CC(=O)N(Cc2ccccc2)[C@H]1c1ccc2c(c1)OCCO2. The minimum Gasteiger partial charge on any atom is -0.486 e. The summed E-state index contributed by atoms with van der Waals surface area (Å²) in [6.45, 7) is 6.88. The van der Waals surface area contributed by atoms with Crippen LogP contribution < -0.4 is 14.8 Å². The molecule has 1 N–H and O–H groups in total. The van der Waals surface area contributed by atoms with Crippen LogP contribution in [-0.2, 0) is 16.1 Å². The van der Waals surface area contributed by atoms with E-state index in [2.05, 4.69) is 5.32 Å². The molecule has 2 aliphatic heterocycles. The van der Waals surface area contributed by atoms with Gasteiger partial charge in [0, 0.05) is 13.0 Å². The molecule has 0 spiro atoms. The van der Waals surface area contributed by atoms with E-state index in [-0.39, 0.29) is 18.4 Å². The van der Waals surface area contributed by atoms with E-state index in [9.17, 15) is 9.59 Å². The summed E-state index contributed by atoms with van der Waals surface area (Å²) in [5.74, 6) is 1.31. The zero-order chi connectivity index (χ0) is 22.0. The number of carbonyl (C=O) groups excluding carboxylic acids is 2. The third kappa shape index (κ3) is 4.93. The Labute approximate surface area is 182 Å². The maximum Gasteiger partial charge on any atom is 0.407 e. The van der Waals surface area contributed by atoms with Crippen LogP contribution in [-0.4, -0.2) is 41.8 Å². The highest BCUT2D eigenvalue weighted by atomic mass is 16.6. The third-order valence-corrected chi connectivity index (χ3v) is 5.24. The molecular formula is C24H28N2O5. The van der Waals surface area contributed by atoms with Gasteiger partial charge in [-0.2, -0.15) is 0 Å². The van der Waals surface area contributed by atoms with Crippen molar-refractivity contribution in [1.29, 1.82) is 0 Å². The van der Waals surface area contributed by atoms with Crippen molar-refractivity contribution in [2.24, 2.45) is 0 Å². The van der Waals surface area contributed by atoms with Gasteiger partial charge in [0.05, 0.1) is 12.1 Å². The Morgan fingerprint density at radius 2 is 1.81 bits per heavy atom. The van der Waals surface area contributed by atoms with Crippen molar-refractivity contribution in [2.75, 3.05) is 13.2 Å².